The van der Waals surface area contributed by atoms with Crippen molar-refractivity contribution in [2.45, 2.75) is 32.7 Å². The third-order valence-corrected chi connectivity index (χ3v) is 4.20. The first-order chi connectivity index (χ1) is 11.1. The molecular formula is C18H17N3O2. The van der Waals surface area contributed by atoms with E-state index in [0.29, 0.717) is 29.8 Å². The molecule has 0 bridgehead atoms. The fourth-order valence-electron chi connectivity index (χ4n) is 2.97. The van der Waals surface area contributed by atoms with Crippen molar-refractivity contribution in [1.29, 1.82) is 5.26 Å². The minimum atomic E-state index is -0.214. The second-order valence-corrected chi connectivity index (χ2v) is 5.75. The molecule has 0 saturated carbocycles. The number of aromatic nitrogens is 1. The summed E-state index contributed by atoms with van der Waals surface area (Å²) in [7, 11) is 0. The van der Waals surface area contributed by atoms with Crippen LogP contribution in [0.3, 0.4) is 0 Å². The van der Waals surface area contributed by atoms with Crippen LogP contribution in [-0.2, 0) is 13.0 Å². The van der Waals surface area contributed by atoms with Gasteiger partial charge in [-0.05, 0) is 43.0 Å². The lowest BCUT2D eigenvalue weighted by Gasteiger charge is -2.09. The highest BCUT2D eigenvalue weighted by molar-refractivity contribution is 6.04. The highest BCUT2D eigenvalue weighted by Gasteiger charge is 2.26. The molecule has 3 rings (SSSR count). The minimum absolute atomic E-state index is 0.117. The molecule has 0 unspecified atom stereocenters. The average Bonchev–Trinajstić information content (AvgIpc) is 2.91. The van der Waals surface area contributed by atoms with Gasteiger partial charge in [0.15, 0.2) is 5.78 Å². The van der Waals surface area contributed by atoms with Gasteiger partial charge in [-0.15, -0.1) is 0 Å². The van der Waals surface area contributed by atoms with Crippen LogP contribution in [0.15, 0.2) is 24.3 Å². The van der Waals surface area contributed by atoms with Crippen molar-refractivity contribution in [2.75, 3.05) is 0 Å². The summed E-state index contributed by atoms with van der Waals surface area (Å²) in [6.45, 7) is 2.19. The summed E-state index contributed by atoms with van der Waals surface area (Å²) < 4.78 is 0. The van der Waals surface area contributed by atoms with Gasteiger partial charge >= 0.3 is 0 Å². The standard InChI is InChI=1S/C18H17N3O2/c1-11-16-14(3-2-4-15(16)22)21-17(11)18(23)20-10-13-7-5-12(9-19)6-8-13/h5-8,21H,2-4,10H2,1H3,(H,20,23). The molecule has 0 radical (unpaired) electrons. The van der Waals surface area contributed by atoms with E-state index in [0.717, 1.165) is 29.7 Å². The summed E-state index contributed by atoms with van der Waals surface area (Å²) in [5.74, 6) is -0.0970. The molecule has 1 aromatic heterocycles. The largest absolute Gasteiger partial charge is 0.354 e. The number of aryl methyl sites for hydroxylation is 1. The van der Waals surface area contributed by atoms with Crippen molar-refractivity contribution in [3.05, 3.63) is 57.9 Å². The van der Waals surface area contributed by atoms with E-state index in [1.165, 1.54) is 0 Å². The molecule has 2 N–H and O–H groups in total. The van der Waals surface area contributed by atoms with E-state index in [9.17, 15) is 9.59 Å². The Hall–Kier alpha value is -2.87. The van der Waals surface area contributed by atoms with E-state index < -0.39 is 0 Å². The number of nitrogens with one attached hydrogen (secondary N) is 2. The van der Waals surface area contributed by atoms with Crippen LogP contribution in [0.5, 0.6) is 0 Å². The lowest BCUT2D eigenvalue weighted by Crippen LogP contribution is -2.24. The van der Waals surface area contributed by atoms with Gasteiger partial charge in [-0.2, -0.15) is 5.26 Å². The van der Waals surface area contributed by atoms with Gasteiger partial charge in [-0.1, -0.05) is 12.1 Å². The number of nitrogens with zero attached hydrogens (tertiary/aromatic N) is 1. The number of hydrogen-bond acceptors (Lipinski definition) is 3. The zero-order valence-electron chi connectivity index (χ0n) is 12.9. The Morgan fingerprint density at radius 2 is 2.04 bits per heavy atom. The number of hydrogen-bond donors (Lipinski definition) is 2. The molecule has 0 fully saturated rings. The average molecular weight is 307 g/mol. The van der Waals surface area contributed by atoms with E-state index in [1.54, 1.807) is 12.1 Å². The summed E-state index contributed by atoms with van der Waals surface area (Å²) in [6.07, 6.45) is 2.20. The molecule has 1 aromatic carbocycles. The van der Waals surface area contributed by atoms with E-state index in [1.807, 2.05) is 19.1 Å². The minimum Gasteiger partial charge on any atom is -0.354 e. The Morgan fingerprint density at radius 3 is 2.70 bits per heavy atom. The lowest BCUT2D eigenvalue weighted by molar-refractivity contribution is 0.0945. The number of Topliss-reactive ketones (excluding diaryl/α,β-unsaturated/α-hetero) is 1. The van der Waals surface area contributed by atoms with Crippen LogP contribution in [0.4, 0.5) is 0 Å². The number of carbonyl (C=O) groups excluding carboxylic acids is 2. The lowest BCUT2D eigenvalue weighted by atomic mass is 9.94. The molecule has 0 spiro atoms. The van der Waals surface area contributed by atoms with Crippen LogP contribution >= 0.6 is 0 Å². The molecule has 116 valence electrons. The number of rotatable bonds is 3. The first-order valence-corrected chi connectivity index (χ1v) is 7.62. The third kappa shape index (κ3) is 2.88. The molecule has 0 aliphatic heterocycles. The predicted octanol–water partition coefficient (Wildman–Crippen LogP) is 2.64. The van der Waals surface area contributed by atoms with Crippen LogP contribution in [-0.4, -0.2) is 16.7 Å². The van der Waals surface area contributed by atoms with Gasteiger partial charge in [0, 0.05) is 24.2 Å². The molecule has 5 heteroatoms. The highest BCUT2D eigenvalue weighted by atomic mass is 16.2. The van der Waals surface area contributed by atoms with Crippen molar-refractivity contribution in [2.24, 2.45) is 0 Å². The Bertz CT molecular complexity index is 810. The molecule has 23 heavy (non-hydrogen) atoms. The van der Waals surface area contributed by atoms with Crippen molar-refractivity contribution in [1.82, 2.24) is 10.3 Å². The summed E-state index contributed by atoms with van der Waals surface area (Å²) in [5.41, 5.74) is 4.29. The topological polar surface area (TPSA) is 85.8 Å². The van der Waals surface area contributed by atoms with E-state index >= 15 is 0 Å². The monoisotopic (exact) mass is 307 g/mol. The Labute approximate surface area is 134 Å². The maximum Gasteiger partial charge on any atom is 0.268 e. The van der Waals surface area contributed by atoms with E-state index in [-0.39, 0.29) is 11.7 Å². The third-order valence-electron chi connectivity index (χ3n) is 4.20. The van der Waals surface area contributed by atoms with Crippen molar-refractivity contribution in [3.63, 3.8) is 0 Å². The fraction of sp³-hybridized carbons (Fsp3) is 0.278. The van der Waals surface area contributed by atoms with Gasteiger partial charge in [0.25, 0.3) is 5.91 Å². The summed E-state index contributed by atoms with van der Waals surface area (Å²) >= 11 is 0. The Morgan fingerprint density at radius 1 is 1.30 bits per heavy atom. The van der Waals surface area contributed by atoms with Crippen LogP contribution < -0.4 is 5.32 Å². The normalized spacial score (nSPS) is 13.3. The quantitative estimate of drug-likeness (QED) is 0.914. The van der Waals surface area contributed by atoms with Crippen LogP contribution in [0.1, 0.15) is 56.1 Å². The van der Waals surface area contributed by atoms with Crippen molar-refractivity contribution in [3.8, 4) is 6.07 Å². The van der Waals surface area contributed by atoms with Crippen LogP contribution in [0.2, 0.25) is 0 Å². The zero-order chi connectivity index (χ0) is 16.4. The molecule has 1 aliphatic carbocycles. The summed E-state index contributed by atoms with van der Waals surface area (Å²) in [4.78, 5) is 27.5. The second kappa shape index (κ2) is 6.09. The molecule has 2 aromatic rings. The van der Waals surface area contributed by atoms with Gasteiger partial charge in [0.1, 0.15) is 5.69 Å². The van der Waals surface area contributed by atoms with Crippen molar-refractivity contribution < 1.29 is 9.59 Å². The second-order valence-electron chi connectivity index (χ2n) is 5.75. The number of carbonyl (C=O) groups is 2. The number of amides is 1. The van der Waals surface area contributed by atoms with Gasteiger partial charge in [0.2, 0.25) is 0 Å². The summed E-state index contributed by atoms with van der Waals surface area (Å²) in [5, 5.41) is 11.6. The summed E-state index contributed by atoms with van der Waals surface area (Å²) in [6, 6.07) is 9.13. The molecule has 5 nitrogen and oxygen atoms in total. The molecule has 1 heterocycles. The molecular weight excluding hydrogens is 290 g/mol. The molecule has 1 amide bonds. The van der Waals surface area contributed by atoms with E-state index in [4.69, 9.17) is 5.26 Å². The first kappa shape index (κ1) is 15.0. The maximum absolute atomic E-state index is 12.4. The van der Waals surface area contributed by atoms with Crippen LogP contribution in [0.25, 0.3) is 0 Å². The molecule has 0 saturated heterocycles. The maximum atomic E-state index is 12.4. The highest BCUT2D eigenvalue weighted by Crippen LogP contribution is 2.26. The number of fused-ring (bicyclic) bond motifs is 1. The van der Waals surface area contributed by atoms with Crippen LogP contribution in [0, 0.1) is 18.3 Å². The Balaban J connectivity index is 1.73. The number of ketones is 1. The fourth-order valence-corrected chi connectivity index (χ4v) is 2.97. The molecule has 1 aliphatic rings. The first-order valence-electron chi connectivity index (χ1n) is 7.62. The smallest absolute Gasteiger partial charge is 0.268 e. The zero-order valence-corrected chi connectivity index (χ0v) is 12.9. The molecule has 0 atom stereocenters. The number of benzene rings is 1. The number of nitriles is 1. The van der Waals surface area contributed by atoms with Gasteiger partial charge in [-0.3, -0.25) is 9.59 Å². The number of aromatic amines is 1. The van der Waals surface area contributed by atoms with Crippen molar-refractivity contribution >= 4 is 11.7 Å². The van der Waals surface area contributed by atoms with E-state index in [2.05, 4.69) is 16.4 Å². The SMILES string of the molecule is Cc1c(C(=O)NCc2ccc(C#N)cc2)[nH]c2c1C(=O)CCC2. The predicted molar refractivity (Wildman–Crippen MR) is 85.1 cm³/mol. The Kier molecular flexibility index (Phi) is 3.98. The van der Waals surface area contributed by atoms with Gasteiger partial charge in [-0.25, -0.2) is 0 Å². The number of H-pyrrole nitrogens is 1. The van der Waals surface area contributed by atoms with Gasteiger partial charge < -0.3 is 10.3 Å². The van der Waals surface area contributed by atoms with Gasteiger partial charge in [0.05, 0.1) is 11.6 Å².